The van der Waals surface area contributed by atoms with Crippen molar-refractivity contribution >= 4 is 0 Å². The molecule has 2 heteroatoms. The van der Waals surface area contributed by atoms with Crippen LogP contribution in [0.2, 0.25) is 0 Å². The molecule has 2 heterocycles. The SMILES string of the molecule is C=C(CC)N1CCC2(CCN(CCCC(C)C)CC2)CC1. The number of allylic oxidation sites excluding steroid dienone is 1. The third-order valence-electron chi connectivity index (χ3n) is 5.85. The molecule has 0 amide bonds. The van der Waals surface area contributed by atoms with Crippen LogP contribution in [-0.2, 0) is 0 Å². The zero-order chi connectivity index (χ0) is 15.3. The molecule has 21 heavy (non-hydrogen) atoms. The minimum absolute atomic E-state index is 0.666. The summed E-state index contributed by atoms with van der Waals surface area (Å²) in [5, 5.41) is 0. The molecule has 2 nitrogen and oxygen atoms in total. The Kier molecular flexibility index (Phi) is 6.16. The standard InChI is InChI=1S/C19H36N2/c1-5-18(4)21-15-10-19(11-16-21)8-13-20(14-9-19)12-6-7-17(2)3/h17H,4-16H2,1-3H3. The zero-order valence-electron chi connectivity index (χ0n) is 14.7. The highest BCUT2D eigenvalue weighted by Crippen LogP contribution is 2.41. The summed E-state index contributed by atoms with van der Waals surface area (Å²) in [6.45, 7) is 17.6. The lowest BCUT2D eigenvalue weighted by Gasteiger charge is -2.47. The van der Waals surface area contributed by atoms with Gasteiger partial charge in [0.05, 0.1) is 0 Å². The summed E-state index contributed by atoms with van der Waals surface area (Å²) in [6.07, 6.45) is 9.53. The van der Waals surface area contributed by atoms with Crippen molar-refractivity contribution < 1.29 is 0 Å². The number of rotatable bonds is 6. The lowest BCUT2D eigenvalue weighted by Crippen LogP contribution is -2.46. The van der Waals surface area contributed by atoms with Gasteiger partial charge in [-0.2, -0.15) is 0 Å². The van der Waals surface area contributed by atoms with Crippen LogP contribution in [0.3, 0.4) is 0 Å². The van der Waals surface area contributed by atoms with Crippen LogP contribution in [0.25, 0.3) is 0 Å². The van der Waals surface area contributed by atoms with E-state index in [0.29, 0.717) is 5.41 Å². The van der Waals surface area contributed by atoms with Crippen molar-refractivity contribution in [1.29, 1.82) is 0 Å². The molecular weight excluding hydrogens is 256 g/mol. The van der Waals surface area contributed by atoms with Gasteiger partial charge in [0.2, 0.25) is 0 Å². The molecule has 0 aromatic heterocycles. The third kappa shape index (κ3) is 4.74. The summed E-state index contributed by atoms with van der Waals surface area (Å²) >= 11 is 0. The lowest BCUT2D eigenvalue weighted by molar-refractivity contribution is 0.0435. The Bertz CT molecular complexity index is 316. The molecule has 2 fully saturated rings. The molecule has 0 saturated carbocycles. The second-order valence-electron chi connectivity index (χ2n) is 7.78. The maximum Gasteiger partial charge on any atom is 0.0180 e. The van der Waals surface area contributed by atoms with E-state index in [1.807, 2.05) is 0 Å². The quantitative estimate of drug-likeness (QED) is 0.710. The minimum Gasteiger partial charge on any atom is -0.375 e. The van der Waals surface area contributed by atoms with Crippen LogP contribution in [0.4, 0.5) is 0 Å². The normalized spacial score (nSPS) is 23.0. The summed E-state index contributed by atoms with van der Waals surface area (Å²) in [5.74, 6) is 0.858. The highest BCUT2D eigenvalue weighted by atomic mass is 15.2. The highest BCUT2D eigenvalue weighted by Gasteiger charge is 2.37. The fourth-order valence-corrected chi connectivity index (χ4v) is 4.00. The van der Waals surface area contributed by atoms with E-state index < -0.39 is 0 Å². The van der Waals surface area contributed by atoms with Gasteiger partial charge in [-0.1, -0.05) is 27.4 Å². The molecular formula is C19H36N2. The second-order valence-corrected chi connectivity index (χ2v) is 7.78. The van der Waals surface area contributed by atoms with Gasteiger partial charge in [0.25, 0.3) is 0 Å². The third-order valence-corrected chi connectivity index (χ3v) is 5.85. The molecule has 0 aliphatic carbocycles. The molecule has 0 unspecified atom stereocenters. The van der Waals surface area contributed by atoms with Crippen molar-refractivity contribution in [2.75, 3.05) is 32.7 Å². The zero-order valence-corrected chi connectivity index (χ0v) is 14.7. The number of likely N-dealkylation sites (tertiary alicyclic amines) is 2. The van der Waals surface area contributed by atoms with Crippen LogP contribution in [0.1, 0.15) is 65.7 Å². The Morgan fingerprint density at radius 1 is 1.05 bits per heavy atom. The molecule has 0 radical (unpaired) electrons. The van der Waals surface area contributed by atoms with Gasteiger partial charge < -0.3 is 9.80 Å². The summed E-state index contributed by atoms with van der Waals surface area (Å²) in [7, 11) is 0. The summed E-state index contributed by atoms with van der Waals surface area (Å²) < 4.78 is 0. The van der Waals surface area contributed by atoms with Crippen LogP contribution in [0, 0.1) is 11.3 Å². The first-order chi connectivity index (χ1) is 10.0. The largest absolute Gasteiger partial charge is 0.375 e. The molecule has 2 rings (SSSR count). The average molecular weight is 293 g/mol. The fraction of sp³-hybridized carbons (Fsp3) is 0.895. The van der Waals surface area contributed by atoms with Gasteiger partial charge in [0, 0.05) is 18.8 Å². The maximum atomic E-state index is 4.21. The molecule has 2 aliphatic rings. The molecule has 0 aromatic rings. The van der Waals surface area contributed by atoms with Gasteiger partial charge in [-0.25, -0.2) is 0 Å². The second kappa shape index (κ2) is 7.67. The van der Waals surface area contributed by atoms with Gasteiger partial charge in [-0.3, -0.25) is 0 Å². The summed E-state index contributed by atoms with van der Waals surface area (Å²) in [4.78, 5) is 5.24. The Labute approximate surface area is 132 Å². The van der Waals surface area contributed by atoms with Crippen molar-refractivity contribution in [3.8, 4) is 0 Å². The minimum atomic E-state index is 0.666. The monoisotopic (exact) mass is 292 g/mol. The van der Waals surface area contributed by atoms with E-state index in [-0.39, 0.29) is 0 Å². The molecule has 0 aromatic carbocycles. The fourth-order valence-electron chi connectivity index (χ4n) is 4.00. The van der Waals surface area contributed by atoms with Gasteiger partial charge in [-0.05, 0) is 75.9 Å². The predicted molar refractivity (Wildman–Crippen MR) is 92.4 cm³/mol. The highest BCUT2D eigenvalue weighted by molar-refractivity contribution is 4.99. The van der Waals surface area contributed by atoms with E-state index in [4.69, 9.17) is 0 Å². The van der Waals surface area contributed by atoms with E-state index in [2.05, 4.69) is 37.1 Å². The molecule has 2 aliphatic heterocycles. The number of piperidine rings is 2. The van der Waals surface area contributed by atoms with Crippen LogP contribution in [0.15, 0.2) is 12.3 Å². The van der Waals surface area contributed by atoms with Crippen molar-refractivity contribution in [3.63, 3.8) is 0 Å². The van der Waals surface area contributed by atoms with E-state index >= 15 is 0 Å². The first kappa shape index (κ1) is 16.9. The van der Waals surface area contributed by atoms with Gasteiger partial charge in [0.1, 0.15) is 0 Å². The van der Waals surface area contributed by atoms with Crippen LogP contribution in [-0.4, -0.2) is 42.5 Å². The van der Waals surface area contributed by atoms with E-state index in [0.717, 1.165) is 12.3 Å². The topological polar surface area (TPSA) is 6.48 Å². The molecule has 2 saturated heterocycles. The van der Waals surface area contributed by atoms with Gasteiger partial charge >= 0.3 is 0 Å². The molecule has 0 bridgehead atoms. The number of nitrogens with zero attached hydrogens (tertiary/aromatic N) is 2. The van der Waals surface area contributed by atoms with Crippen molar-refractivity contribution in [3.05, 3.63) is 12.3 Å². The van der Waals surface area contributed by atoms with Crippen molar-refractivity contribution in [1.82, 2.24) is 9.80 Å². The summed E-state index contributed by atoms with van der Waals surface area (Å²) in [6, 6.07) is 0. The predicted octanol–water partition coefficient (Wildman–Crippen LogP) is 4.52. The smallest absolute Gasteiger partial charge is 0.0180 e. The van der Waals surface area contributed by atoms with Crippen molar-refractivity contribution in [2.24, 2.45) is 11.3 Å². The van der Waals surface area contributed by atoms with Crippen molar-refractivity contribution in [2.45, 2.75) is 65.7 Å². The molecule has 0 N–H and O–H groups in total. The summed E-state index contributed by atoms with van der Waals surface area (Å²) in [5.41, 5.74) is 2.01. The van der Waals surface area contributed by atoms with Gasteiger partial charge in [0.15, 0.2) is 0 Å². The average Bonchev–Trinajstić information content (AvgIpc) is 2.49. The first-order valence-electron chi connectivity index (χ1n) is 9.20. The first-order valence-corrected chi connectivity index (χ1v) is 9.20. The molecule has 1 spiro atoms. The number of hydrogen-bond donors (Lipinski definition) is 0. The van der Waals surface area contributed by atoms with Crippen LogP contribution in [0.5, 0.6) is 0 Å². The molecule has 0 atom stereocenters. The van der Waals surface area contributed by atoms with E-state index in [1.54, 1.807) is 0 Å². The number of hydrogen-bond acceptors (Lipinski definition) is 2. The molecule has 122 valence electrons. The van der Waals surface area contributed by atoms with Gasteiger partial charge in [-0.15, -0.1) is 0 Å². The maximum absolute atomic E-state index is 4.21. The lowest BCUT2D eigenvalue weighted by atomic mass is 9.71. The Morgan fingerprint density at radius 3 is 2.14 bits per heavy atom. The van der Waals surface area contributed by atoms with Crippen LogP contribution < -0.4 is 0 Å². The Hall–Kier alpha value is -0.500. The van der Waals surface area contributed by atoms with Crippen LogP contribution >= 0.6 is 0 Å². The van der Waals surface area contributed by atoms with E-state index in [9.17, 15) is 0 Å². The Morgan fingerprint density at radius 2 is 1.62 bits per heavy atom. The Balaban J connectivity index is 1.70. The van der Waals surface area contributed by atoms with E-state index in [1.165, 1.54) is 76.9 Å².